The average molecular weight is 167 g/mol. The van der Waals surface area contributed by atoms with Crippen LogP contribution in [0.4, 0.5) is 5.82 Å². The monoisotopic (exact) mass is 167 g/mol. The molecule has 4 heteroatoms. The summed E-state index contributed by atoms with van der Waals surface area (Å²) >= 11 is 0. The number of rotatable bonds is 3. The number of nitrogens with zero attached hydrogens (tertiary/aromatic N) is 1. The Hall–Kier alpha value is -1.58. The molecule has 0 aliphatic heterocycles. The molecule has 1 aromatic heterocycles. The second-order valence-corrected chi connectivity index (χ2v) is 2.46. The number of carbonyl (C=O) groups is 1. The summed E-state index contributed by atoms with van der Waals surface area (Å²) in [6.45, 7) is 0.419. The van der Waals surface area contributed by atoms with E-state index in [4.69, 9.17) is 10.8 Å². The summed E-state index contributed by atoms with van der Waals surface area (Å²) in [7, 11) is 0. The van der Waals surface area contributed by atoms with Crippen molar-refractivity contribution in [1.29, 1.82) is 0 Å². The van der Waals surface area contributed by atoms with Crippen LogP contribution in [-0.2, 0) is 11.3 Å². The lowest BCUT2D eigenvalue weighted by Gasteiger charge is -1.98. The Labute approximate surface area is 70.3 Å². The van der Waals surface area contributed by atoms with Crippen LogP contribution in [-0.4, -0.2) is 11.1 Å². The van der Waals surface area contributed by atoms with Gasteiger partial charge in [-0.05, 0) is 6.07 Å². The molecule has 0 aromatic carbocycles. The maximum absolute atomic E-state index is 10.2. The topological polar surface area (TPSA) is 67.2 Å². The normalized spacial score (nSPS) is 9.67. The lowest BCUT2D eigenvalue weighted by molar-refractivity contribution is -0.681. The lowest BCUT2D eigenvalue weighted by atomic mass is 10.4. The molecule has 1 heterocycles. The Bertz CT molecular complexity index is 286. The van der Waals surface area contributed by atoms with E-state index in [9.17, 15) is 4.79 Å². The molecule has 0 atom stereocenters. The highest BCUT2D eigenvalue weighted by Crippen LogP contribution is 1.91. The van der Waals surface area contributed by atoms with Crippen molar-refractivity contribution < 1.29 is 14.5 Å². The number of nitrogens with two attached hydrogens (primary N) is 1. The van der Waals surface area contributed by atoms with Gasteiger partial charge in [0.25, 0.3) is 5.82 Å². The van der Waals surface area contributed by atoms with Crippen LogP contribution in [0.3, 0.4) is 0 Å². The van der Waals surface area contributed by atoms with Gasteiger partial charge >= 0.3 is 5.97 Å². The molecule has 0 bridgehead atoms. The third-order valence-corrected chi connectivity index (χ3v) is 1.54. The highest BCUT2D eigenvalue weighted by Gasteiger charge is 2.04. The Morgan fingerprint density at radius 1 is 1.58 bits per heavy atom. The van der Waals surface area contributed by atoms with Gasteiger partial charge in [0.15, 0.2) is 0 Å². The molecule has 0 saturated carbocycles. The van der Waals surface area contributed by atoms with Crippen LogP contribution < -0.4 is 10.3 Å². The minimum atomic E-state index is -0.814. The van der Waals surface area contributed by atoms with Gasteiger partial charge < -0.3 is 5.11 Å². The molecule has 12 heavy (non-hydrogen) atoms. The third-order valence-electron chi connectivity index (χ3n) is 1.54. The van der Waals surface area contributed by atoms with Crippen molar-refractivity contribution in [2.45, 2.75) is 13.0 Å². The first-order chi connectivity index (χ1) is 5.70. The Balaban J connectivity index is 2.63. The molecule has 0 spiro atoms. The van der Waals surface area contributed by atoms with Gasteiger partial charge in [-0.1, -0.05) is 6.07 Å². The van der Waals surface area contributed by atoms with Gasteiger partial charge in [0, 0.05) is 6.07 Å². The lowest BCUT2D eigenvalue weighted by Crippen LogP contribution is -2.37. The fraction of sp³-hybridized carbons (Fsp3) is 0.250. The minimum Gasteiger partial charge on any atom is -0.481 e. The zero-order valence-electron chi connectivity index (χ0n) is 6.60. The van der Waals surface area contributed by atoms with Gasteiger partial charge in [-0.15, -0.1) is 0 Å². The van der Waals surface area contributed by atoms with Crippen molar-refractivity contribution >= 4 is 11.8 Å². The van der Waals surface area contributed by atoms with Crippen LogP contribution in [0.5, 0.6) is 0 Å². The molecule has 64 valence electrons. The quantitative estimate of drug-likeness (QED) is 0.624. The molecule has 4 nitrogen and oxygen atoms in total. The van der Waals surface area contributed by atoms with Crippen molar-refractivity contribution in [3.05, 3.63) is 24.4 Å². The van der Waals surface area contributed by atoms with Crippen LogP contribution in [0.1, 0.15) is 6.42 Å². The predicted octanol–water partition coefficient (Wildman–Crippen LogP) is 0.0310. The van der Waals surface area contributed by atoms with Crippen molar-refractivity contribution in [3.8, 4) is 0 Å². The molecule has 0 saturated heterocycles. The summed E-state index contributed by atoms with van der Waals surface area (Å²) < 4.78 is 1.70. The van der Waals surface area contributed by atoms with Gasteiger partial charge in [-0.3, -0.25) is 10.5 Å². The minimum absolute atomic E-state index is 0.0961. The standard InChI is InChI=1S/C8H10N2O2/c9-7-3-1-2-5-10(7)6-4-8(11)12/h1-3,5,9H,4,6H2,(H,11,12)/p+1. The first-order valence-corrected chi connectivity index (χ1v) is 3.66. The maximum atomic E-state index is 10.2. The molecule has 0 radical (unpaired) electrons. The van der Waals surface area contributed by atoms with Gasteiger partial charge in [-0.25, -0.2) is 4.57 Å². The fourth-order valence-electron chi connectivity index (χ4n) is 0.909. The first kappa shape index (κ1) is 8.52. The zero-order chi connectivity index (χ0) is 8.97. The van der Waals surface area contributed by atoms with Crippen molar-refractivity contribution in [2.24, 2.45) is 0 Å². The van der Waals surface area contributed by atoms with E-state index in [0.29, 0.717) is 12.4 Å². The number of aliphatic carboxylic acids is 1. The molecule has 0 fully saturated rings. The van der Waals surface area contributed by atoms with E-state index < -0.39 is 5.97 Å². The molecule has 0 amide bonds. The molecule has 0 aliphatic carbocycles. The second kappa shape index (κ2) is 3.71. The van der Waals surface area contributed by atoms with Crippen molar-refractivity contribution in [1.82, 2.24) is 0 Å². The molecule has 0 unspecified atom stereocenters. The summed E-state index contributed by atoms with van der Waals surface area (Å²) in [5, 5.41) is 8.41. The number of pyridine rings is 1. The Kier molecular flexibility index (Phi) is 2.63. The van der Waals surface area contributed by atoms with Gasteiger partial charge in [-0.2, -0.15) is 0 Å². The maximum Gasteiger partial charge on any atom is 0.307 e. The number of nitrogen functional groups attached to an aromatic ring is 1. The van der Waals surface area contributed by atoms with Gasteiger partial charge in [0.1, 0.15) is 6.54 Å². The largest absolute Gasteiger partial charge is 0.481 e. The van der Waals surface area contributed by atoms with E-state index in [-0.39, 0.29) is 6.42 Å². The first-order valence-electron chi connectivity index (χ1n) is 3.66. The highest BCUT2D eigenvalue weighted by atomic mass is 16.4. The van der Waals surface area contributed by atoms with Crippen LogP contribution >= 0.6 is 0 Å². The second-order valence-electron chi connectivity index (χ2n) is 2.46. The van der Waals surface area contributed by atoms with E-state index in [1.165, 1.54) is 0 Å². The van der Waals surface area contributed by atoms with Crippen LogP contribution in [0.25, 0.3) is 0 Å². The molecule has 1 rings (SSSR count). The smallest absolute Gasteiger partial charge is 0.307 e. The van der Waals surface area contributed by atoms with Crippen LogP contribution in [0.2, 0.25) is 0 Å². The van der Waals surface area contributed by atoms with Gasteiger partial charge in [0.2, 0.25) is 0 Å². The molecule has 0 aliphatic rings. The molecular weight excluding hydrogens is 156 g/mol. The molecular formula is C8H11N2O2+. The number of aromatic nitrogens is 1. The van der Waals surface area contributed by atoms with Crippen LogP contribution in [0, 0.1) is 0 Å². The predicted molar refractivity (Wildman–Crippen MR) is 43.3 cm³/mol. The SMILES string of the molecule is Nc1cccc[n+]1CCC(=O)O. The number of aryl methyl sites for hydroxylation is 1. The fourth-order valence-corrected chi connectivity index (χ4v) is 0.909. The number of carboxylic acids is 1. The summed E-state index contributed by atoms with van der Waals surface area (Å²) in [5.74, 6) is -0.232. The summed E-state index contributed by atoms with van der Waals surface area (Å²) in [4.78, 5) is 10.2. The van der Waals surface area contributed by atoms with Crippen LogP contribution in [0.15, 0.2) is 24.4 Å². The third kappa shape index (κ3) is 2.23. The summed E-state index contributed by atoms with van der Waals surface area (Å²) in [6, 6.07) is 5.37. The summed E-state index contributed by atoms with van der Waals surface area (Å²) in [5.41, 5.74) is 5.58. The Morgan fingerprint density at radius 2 is 2.33 bits per heavy atom. The van der Waals surface area contributed by atoms with E-state index in [1.807, 2.05) is 12.1 Å². The van der Waals surface area contributed by atoms with E-state index in [0.717, 1.165) is 0 Å². The summed E-state index contributed by atoms with van der Waals surface area (Å²) in [6.07, 6.45) is 1.86. The number of hydrogen-bond donors (Lipinski definition) is 2. The van der Waals surface area contributed by atoms with E-state index >= 15 is 0 Å². The van der Waals surface area contributed by atoms with Crippen molar-refractivity contribution in [2.75, 3.05) is 5.73 Å². The number of carboxylic acid groups (broad SMARTS) is 1. The van der Waals surface area contributed by atoms with Crippen molar-refractivity contribution in [3.63, 3.8) is 0 Å². The number of anilines is 1. The zero-order valence-corrected chi connectivity index (χ0v) is 6.60. The average Bonchev–Trinajstić information content (AvgIpc) is 2.03. The van der Waals surface area contributed by atoms with E-state index in [2.05, 4.69) is 0 Å². The molecule has 1 aromatic rings. The van der Waals surface area contributed by atoms with E-state index in [1.54, 1.807) is 16.8 Å². The molecule has 3 N–H and O–H groups in total. The Morgan fingerprint density at radius 3 is 2.92 bits per heavy atom. The number of hydrogen-bond acceptors (Lipinski definition) is 2. The highest BCUT2D eigenvalue weighted by molar-refractivity contribution is 5.66. The van der Waals surface area contributed by atoms with Gasteiger partial charge in [0.05, 0.1) is 12.6 Å².